The number of ether oxygens (including phenoxy) is 3. The Morgan fingerprint density at radius 1 is 1.10 bits per heavy atom. The van der Waals surface area contributed by atoms with Crippen molar-refractivity contribution in [1.29, 1.82) is 0 Å². The maximum atomic E-state index is 11.9. The van der Waals surface area contributed by atoms with Gasteiger partial charge in [0.05, 0.1) is 12.5 Å². The highest BCUT2D eigenvalue weighted by Gasteiger charge is 2.44. The molecule has 0 bridgehead atoms. The summed E-state index contributed by atoms with van der Waals surface area (Å²) in [4.78, 5) is 11.9. The molecule has 4 nitrogen and oxygen atoms in total. The van der Waals surface area contributed by atoms with Gasteiger partial charge in [0.1, 0.15) is 0 Å². The number of carbonyl (C=O) groups is 1. The SMILES string of the molecule is CC(C)=C1c2cc3c(cc2C[C@H]2C(=O)OC[C@H]12)OCO3. The number of allylic oxidation sites excluding steroid dienone is 1. The first-order valence-corrected chi connectivity index (χ1v) is 6.92. The summed E-state index contributed by atoms with van der Waals surface area (Å²) in [7, 11) is 0. The van der Waals surface area contributed by atoms with Crippen molar-refractivity contribution in [3.05, 3.63) is 28.8 Å². The molecule has 1 aliphatic carbocycles. The molecule has 2 heterocycles. The molecule has 1 aromatic carbocycles. The molecule has 0 N–H and O–H groups in total. The molecule has 0 unspecified atom stereocenters. The second-order valence-corrected chi connectivity index (χ2v) is 5.82. The Morgan fingerprint density at radius 2 is 1.85 bits per heavy atom. The van der Waals surface area contributed by atoms with Gasteiger partial charge in [0, 0.05) is 5.92 Å². The lowest BCUT2D eigenvalue weighted by Crippen LogP contribution is -2.25. The average molecular weight is 272 g/mol. The van der Waals surface area contributed by atoms with E-state index in [-0.39, 0.29) is 24.6 Å². The van der Waals surface area contributed by atoms with Gasteiger partial charge in [-0.2, -0.15) is 0 Å². The van der Waals surface area contributed by atoms with Crippen molar-refractivity contribution >= 4 is 11.5 Å². The van der Waals surface area contributed by atoms with Crippen LogP contribution >= 0.6 is 0 Å². The van der Waals surface area contributed by atoms with Crippen LogP contribution in [0.15, 0.2) is 17.7 Å². The topological polar surface area (TPSA) is 44.8 Å². The lowest BCUT2D eigenvalue weighted by molar-refractivity contribution is -0.141. The number of carbonyl (C=O) groups excluding carboxylic acids is 1. The molecule has 0 amide bonds. The van der Waals surface area contributed by atoms with Crippen LogP contribution in [0.1, 0.15) is 25.0 Å². The molecule has 2 atom stereocenters. The highest BCUT2D eigenvalue weighted by molar-refractivity contribution is 5.86. The Morgan fingerprint density at radius 3 is 2.60 bits per heavy atom. The number of esters is 1. The fourth-order valence-corrected chi connectivity index (χ4v) is 3.55. The van der Waals surface area contributed by atoms with E-state index in [9.17, 15) is 4.79 Å². The van der Waals surface area contributed by atoms with Gasteiger partial charge in [0.25, 0.3) is 0 Å². The Hall–Kier alpha value is -1.97. The summed E-state index contributed by atoms with van der Waals surface area (Å²) in [5, 5.41) is 0. The summed E-state index contributed by atoms with van der Waals surface area (Å²) in [6.07, 6.45) is 0.728. The Balaban J connectivity index is 1.92. The second kappa shape index (κ2) is 4.01. The van der Waals surface area contributed by atoms with Gasteiger partial charge in [0.2, 0.25) is 6.79 Å². The van der Waals surface area contributed by atoms with Crippen LogP contribution in [0.4, 0.5) is 0 Å². The van der Waals surface area contributed by atoms with E-state index in [1.165, 1.54) is 16.7 Å². The zero-order valence-electron chi connectivity index (χ0n) is 11.6. The Bertz CT molecular complexity index is 640. The van der Waals surface area contributed by atoms with Crippen molar-refractivity contribution in [3.63, 3.8) is 0 Å². The molecular weight excluding hydrogens is 256 g/mol. The molecule has 4 heteroatoms. The first kappa shape index (κ1) is 11.8. The third-order valence-electron chi connectivity index (χ3n) is 4.43. The van der Waals surface area contributed by atoms with Crippen LogP contribution in [0.25, 0.3) is 5.57 Å². The van der Waals surface area contributed by atoms with Crippen LogP contribution in [0.2, 0.25) is 0 Å². The molecule has 1 fully saturated rings. The summed E-state index contributed by atoms with van der Waals surface area (Å²) in [5.74, 6) is 1.64. The van der Waals surface area contributed by atoms with E-state index < -0.39 is 0 Å². The fourth-order valence-electron chi connectivity index (χ4n) is 3.55. The standard InChI is InChI=1S/C16H16O4/c1-8(2)15-10-5-14-13(19-7-20-14)4-9(10)3-11-12(15)6-18-16(11)17/h4-5,11-12H,3,6-7H2,1-2H3/t11-,12+/m1/s1. The fraction of sp³-hybridized carbons (Fsp3) is 0.438. The van der Waals surface area contributed by atoms with Gasteiger partial charge in [-0.3, -0.25) is 4.79 Å². The summed E-state index contributed by atoms with van der Waals surface area (Å²) < 4.78 is 16.2. The largest absolute Gasteiger partial charge is 0.465 e. The number of rotatable bonds is 0. The molecule has 20 heavy (non-hydrogen) atoms. The molecule has 2 aliphatic heterocycles. The van der Waals surface area contributed by atoms with E-state index in [0.29, 0.717) is 6.61 Å². The zero-order valence-corrected chi connectivity index (χ0v) is 11.6. The minimum absolute atomic E-state index is 0.0484. The molecule has 0 aromatic heterocycles. The molecule has 3 aliphatic rings. The molecule has 1 aromatic rings. The summed E-state index contributed by atoms with van der Waals surface area (Å²) in [6.45, 7) is 4.96. The van der Waals surface area contributed by atoms with Gasteiger partial charge in [-0.25, -0.2) is 0 Å². The number of fused-ring (bicyclic) bond motifs is 3. The van der Waals surface area contributed by atoms with Crippen molar-refractivity contribution in [2.75, 3.05) is 13.4 Å². The average Bonchev–Trinajstić information content (AvgIpc) is 3.00. The van der Waals surface area contributed by atoms with Gasteiger partial charge in [-0.1, -0.05) is 5.57 Å². The molecule has 0 radical (unpaired) electrons. The summed E-state index contributed by atoms with van der Waals surface area (Å²) in [6, 6.07) is 4.07. The minimum atomic E-state index is -0.0722. The first-order valence-electron chi connectivity index (χ1n) is 6.92. The van der Waals surface area contributed by atoms with Crippen LogP contribution in [0.3, 0.4) is 0 Å². The van der Waals surface area contributed by atoms with Crippen molar-refractivity contribution in [3.8, 4) is 11.5 Å². The predicted octanol–water partition coefficient (Wildman–Crippen LogP) is 2.55. The maximum Gasteiger partial charge on any atom is 0.310 e. The van der Waals surface area contributed by atoms with Gasteiger partial charge < -0.3 is 14.2 Å². The zero-order chi connectivity index (χ0) is 13.9. The molecule has 104 valence electrons. The lowest BCUT2D eigenvalue weighted by Gasteiger charge is -2.29. The molecule has 4 rings (SSSR count). The number of hydrogen-bond acceptors (Lipinski definition) is 4. The van der Waals surface area contributed by atoms with Gasteiger partial charge >= 0.3 is 5.97 Å². The van der Waals surface area contributed by atoms with Crippen LogP contribution < -0.4 is 9.47 Å². The van der Waals surface area contributed by atoms with Crippen LogP contribution in [-0.4, -0.2) is 19.4 Å². The highest BCUT2D eigenvalue weighted by Crippen LogP contribution is 2.48. The van der Waals surface area contributed by atoms with Crippen molar-refractivity contribution in [2.24, 2.45) is 11.8 Å². The normalized spacial score (nSPS) is 26.1. The van der Waals surface area contributed by atoms with Crippen LogP contribution in [-0.2, 0) is 16.0 Å². The van der Waals surface area contributed by atoms with E-state index in [1.807, 2.05) is 6.07 Å². The van der Waals surface area contributed by atoms with E-state index in [2.05, 4.69) is 19.9 Å². The Labute approximate surface area is 117 Å². The monoisotopic (exact) mass is 272 g/mol. The summed E-state index contributed by atoms with van der Waals surface area (Å²) >= 11 is 0. The molecule has 0 spiro atoms. The maximum absolute atomic E-state index is 11.9. The minimum Gasteiger partial charge on any atom is -0.465 e. The quantitative estimate of drug-likeness (QED) is 0.681. The van der Waals surface area contributed by atoms with E-state index in [4.69, 9.17) is 14.2 Å². The van der Waals surface area contributed by atoms with Crippen molar-refractivity contribution in [2.45, 2.75) is 20.3 Å². The summed E-state index contributed by atoms with van der Waals surface area (Å²) in [5.41, 5.74) is 4.82. The van der Waals surface area contributed by atoms with Gasteiger partial charge in [-0.15, -0.1) is 0 Å². The Kier molecular flexibility index (Phi) is 2.37. The van der Waals surface area contributed by atoms with Crippen molar-refractivity contribution < 1.29 is 19.0 Å². The van der Waals surface area contributed by atoms with Gasteiger partial charge in [0.15, 0.2) is 11.5 Å². The predicted molar refractivity (Wildman–Crippen MR) is 72.5 cm³/mol. The first-order chi connectivity index (χ1) is 9.65. The van der Waals surface area contributed by atoms with Crippen LogP contribution in [0, 0.1) is 11.8 Å². The van der Waals surface area contributed by atoms with Gasteiger partial charge in [-0.05, 0) is 49.1 Å². The number of benzene rings is 1. The number of cyclic esters (lactones) is 1. The van der Waals surface area contributed by atoms with Crippen molar-refractivity contribution in [1.82, 2.24) is 0 Å². The second-order valence-electron chi connectivity index (χ2n) is 5.82. The molecular formula is C16H16O4. The van der Waals surface area contributed by atoms with E-state index >= 15 is 0 Å². The smallest absolute Gasteiger partial charge is 0.310 e. The number of hydrogen-bond donors (Lipinski definition) is 0. The molecule has 1 saturated heterocycles. The van der Waals surface area contributed by atoms with E-state index in [0.717, 1.165) is 23.5 Å². The third-order valence-corrected chi connectivity index (χ3v) is 4.43. The highest BCUT2D eigenvalue weighted by atomic mass is 16.7. The molecule has 0 saturated carbocycles. The lowest BCUT2D eigenvalue weighted by atomic mass is 9.72. The third kappa shape index (κ3) is 1.51. The van der Waals surface area contributed by atoms with E-state index in [1.54, 1.807) is 0 Å². The van der Waals surface area contributed by atoms with Crippen LogP contribution in [0.5, 0.6) is 11.5 Å².